The molecule has 0 fully saturated rings. The van der Waals surface area contributed by atoms with Crippen LogP contribution in [0.1, 0.15) is 5.56 Å². The monoisotopic (exact) mass is 154 g/mol. The molecule has 1 rings (SSSR count). The lowest BCUT2D eigenvalue weighted by Crippen LogP contribution is -2.19. The summed E-state index contributed by atoms with van der Waals surface area (Å²) in [5, 5.41) is 17.4. The topological polar surface area (TPSA) is 40.5 Å². The third kappa shape index (κ3) is 1.79. The molecule has 0 atom stereocenters. The highest BCUT2D eigenvalue weighted by Crippen LogP contribution is 1.99. The zero-order chi connectivity index (χ0) is 8.27. The molecule has 2 N–H and O–H groups in total. The van der Waals surface area contributed by atoms with Crippen molar-refractivity contribution in [1.29, 1.82) is 0 Å². The predicted molar refractivity (Wildman–Crippen MR) is 41.3 cm³/mol. The minimum atomic E-state index is -0.397. The van der Waals surface area contributed by atoms with Gasteiger partial charge in [-0.2, -0.15) is 0 Å². The first kappa shape index (κ1) is 8.23. The highest BCUT2D eigenvalue weighted by Gasteiger charge is 2.02. The molecule has 0 bridgehead atoms. The Balaban J connectivity index is 3.06. The highest BCUT2D eigenvalue weighted by atomic mass is 19.1. The average Bonchev–Trinajstić information content (AvgIpc) is 2.04. The number of hydrogen-bond acceptors (Lipinski definition) is 2. The number of benzene rings is 1. The summed E-state index contributed by atoms with van der Waals surface area (Å²) >= 11 is 0. The van der Waals surface area contributed by atoms with E-state index in [4.69, 9.17) is 10.1 Å². The Hall–Kier alpha value is -0.865. The molecule has 0 aliphatic carbocycles. The molecule has 0 aromatic heterocycles. The molecule has 1 aromatic carbocycles. The molecule has 0 unspecified atom stereocenters. The van der Waals surface area contributed by atoms with Gasteiger partial charge >= 0.3 is 7.48 Å². The first-order chi connectivity index (χ1) is 5.27. The minimum Gasteiger partial charge on any atom is -0.449 e. The maximum absolute atomic E-state index is 12.5. The molecule has 0 saturated carbocycles. The molecule has 0 saturated heterocycles. The quantitative estimate of drug-likeness (QED) is 0.552. The number of hydrogen-bond donors (Lipinski definition) is 2. The standard InChI is InChI=1S/C7H8BFO2/c9-6-1-2-7(8-11)5(3-6)4-10/h1-3,8,10-11H,4H2. The Kier molecular flexibility index (Phi) is 2.62. The summed E-state index contributed by atoms with van der Waals surface area (Å²) < 4.78 is 12.5. The Morgan fingerprint density at radius 3 is 2.73 bits per heavy atom. The predicted octanol–water partition coefficient (Wildman–Crippen LogP) is -0.713. The van der Waals surface area contributed by atoms with E-state index in [1.807, 2.05) is 0 Å². The summed E-state index contributed by atoms with van der Waals surface area (Å²) in [6.07, 6.45) is 0. The van der Waals surface area contributed by atoms with Gasteiger partial charge in [0.05, 0.1) is 6.61 Å². The van der Waals surface area contributed by atoms with Crippen LogP contribution in [0.4, 0.5) is 4.39 Å². The van der Waals surface area contributed by atoms with Crippen molar-refractivity contribution in [2.24, 2.45) is 0 Å². The minimum absolute atomic E-state index is 0.170. The second-order valence-corrected chi connectivity index (χ2v) is 2.23. The van der Waals surface area contributed by atoms with E-state index in [0.29, 0.717) is 11.0 Å². The fraction of sp³-hybridized carbons (Fsp3) is 0.143. The van der Waals surface area contributed by atoms with E-state index in [1.165, 1.54) is 18.2 Å². The summed E-state index contributed by atoms with van der Waals surface area (Å²) in [4.78, 5) is 0. The van der Waals surface area contributed by atoms with Crippen LogP contribution < -0.4 is 5.46 Å². The lowest BCUT2D eigenvalue weighted by molar-refractivity contribution is 0.282. The molecule has 0 heterocycles. The molecule has 4 heteroatoms. The fourth-order valence-electron chi connectivity index (χ4n) is 0.896. The number of aliphatic hydroxyl groups is 1. The zero-order valence-electron chi connectivity index (χ0n) is 5.92. The van der Waals surface area contributed by atoms with E-state index < -0.39 is 5.82 Å². The number of aliphatic hydroxyl groups excluding tert-OH is 1. The van der Waals surface area contributed by atoms with Gasteiger partial charge in [0.1, 0.15) is 5.82 Å². The van der Waals surface area contributed by atoms with Gasteiger partial charge in [0.25, 0.3) is 0 Å². The highest BCUT2D eigenvalue weighted by molar-refractivity contribution is 6.46. The molecular weight excluding hydrogens is 146 g/mol. The van der Waals surface area contributed by atoms with Crippen molar-refractivity contribution in [1.82, 2.24) is 0 Å². The molecule has 2 nitrogen and oxygen atoms in total. The summed E-state index contributed by atoms with van der Waals surface area (Å²) in [5.74, 6) is -0.397. The van der Waals surface area contributed by atoms with E-state index in [-0.39, 0.29) is 14.1 Å². The second kappa shape index (κ2) is 3.50. The van der Waals surface area contributed by atoms with E-state index in [0.717, 1.165) is 0 Å². The van der Waals surface area contributed by atoms with Gasteiger partial charge in [-0.15, -0.1) is 0 Å². The van der Waals surface area contributed by atoms with E-state index in [2.05, 4.69) is 0 Å². The molecule has 1 aromatic rings. The van der Waals surface area contributed by atoms with Crippen LogP contribution in [-0.2, 0) is 6.61 Å². The summed E-state index contributed by atoms with van der Waals surface area (Å²) in [6.45, 7) is -0.242. The lowest BCUT2D eigenvalue weighted by atomic mass is 9.84. The van der Waals surface area contributed by atoms with Gasteiger partial charge in [-0.1, -0.05) is 6.07 Å². The average molecular weight is 154 g/mol. The van der Waals surface area contributed by atoms with Crippen molar-refractivity contribution in [3.8, 4) is 0 Å². The van der Waals surface area contributed by atoms with Crippen molar-refractivity contribution in [3.05, 3.63) is 29.6 Å². The Bertz CT molecular complexity index is 252. The fourth-order valence-corrected chi connectivity index (χ4v) is 0.896. The first-order valence-corrected chi connectivity index (χ1v) is 3.27. The summed E-state index contributed by atoms with van der Waals surface area (Å²) in [5.41, 5.74) is 1.00. The molecule has 58 valence electrons. The van der Waals surface area contributed by atoms with Crippen LogP contribution in [0.5, 0.6) is 0 Å². The Morgan fingerprint density at radius 2 is 2.18 bits per heavy atom. The van der Waals surface area contributed by atoms with Gasteiger partial charge in [-0.3, -0.25) is 0 Å². The largest absolute Gasteiger partial charge is 0.449 e. The molecule has 0 spiro atoms. The Labute approximate surface area is 64.6 Å². The number of halogens is 1. The van der Waals surface area contributed by atoms with Crippen molar-refractivity contribution in [3.63, 3.8) is 0 Å². The van der Waals surface area contributed by atoms with Crippen molar-refractivity contribution < 1.29 is 14.5 Å². The van der Waals surface area contributed by atoms with Crippen LogP contribution in [0.25, 0.3) is 0 Å². The summed E-state index contributed by atoms with van der Waals surface area (Å²) in [7, 11) is -0.170. The lowest BCUT2D eigenvalue weighted by Gasteiger charge is -2.01. The van der Waals surface area contributed by atoms with Crippen LogP contribution in [0.2, 0.25) is 0 Å². The van der Waals surface area contributed by atoms with E-state index >= 15 is 0 Å². The van der Waals surface area contributed by atoms with E-state index in [9.17, 15) is 4.39 Å². The third-order valence-corrected chi connectivity index (χ3v) is 1.51. The van der Waals surface area contributed by atoms with Gasteiger partial charge in [0.2, 0.25) is 0 Å². The van der Waals surface area contributed by atoms with Gasteiger partial charge in [-0.05, 0) is 23.2 Å². The van der Waals surface area contributed by atoms with Crippen LogP contribution in [0, 0.1) is 5.82 Å². The molecule has 11 heavy (non-hydrogen) atoms. The molecule has 0 aliphatic rings. The smallest absolute Gasteiger partial charge is 0.305 e. The maximum atomic E-state index is 12.5. The van der Waals surface area contributed by atoms with Crippen molar-refractivity contribution in [2.75, 3.05) is 0 Å². The molecule has 0 aliphatic heterocycles. The van der Waals surface area contributed by atoms with Gasteiger partial charge < -0.3 is 10.1 Å². The zero-order valence-corrected chi connectivity index (χ0v) is 5.92. The maximum Gasteiger partial charge on any atom is 0.305 e. The normalized spacial score (nSPS) is 9.73. The van der Waals surface area contributed by atoms with Gasteiger partial charge in [0, 0.05) is 0 Å². The van der Waals surface area contributed by atoms with Crippen molar-refractivity contribution in [2.45, 2.75) is 6.61 Å². The van der Waals surface area contributed by atoms with Crippen LogP contribution >= 0.6 is 0 Å². The third-order valence-electron chi connectivity index (χ3n) is 1.51. The van der Waals surface area contributed by atoms with Crippen LogP contribution in [0.3, 0.4) is 0 Å². The first-order valence-electron chi connectivity index (χ1n) is 3.27. The van der Waals surface area contributed by atoms with Gasteiger partial charge in [0.15, 0.2) is 0 Å². The SMILES string of the molecule is OBc1ccc(F)cc1CO. The molecular formula is C7H8BFO2. The van der Waals surface area contributed by atoms with E-state index in [1.54, 1.807) is 0 Å². The Morgan fingerprint density at radius 1 is 1.45 bits per heavy atom. The molecule has 0 radical (unpaired) electrons. The van der Waals surface area contributed by atoms with Crippen LogP contribution in [-0.4, -0.2) is 17.6 Å². The summed E-state index contributed by atoms with van der Waals surface area (Å²) in [6, 6.07) is 3.93. The molecule has 0 amide bonds. The second-order valence-electron chi connectivity index (χ2n) is 2.23. The van der Waals surface area contributed by atoms with Crippen LogP contribution in [0.15, 0.2) is 18.2 Å². The van der Waals surface area contributed by atoms with Crippen molar-refractivity contribution >= 4 is 12.9 Å². The number of rotatable bonds is 2. The van der Waals surface area contributed by atoms with Gasteiger partial charge in [-0.25, -0.2) is 4.39 Å².